The third-order valence-electron chi connectivity index (χ3n) is 6.81. The summed E-state index contributed by atoms with van der Waals surface area (Å²) < 4.78 is 11.7. The van der Waals surface area contributed by atoms with Gasteiger partial charge in [-0.15, -0.1) is 0 Å². The molecule has 0 unspecified atom stereocenters. The second-order valence-corrected chi connectivity index (χ2v) is 10.1. The summed E-state index contributed by atoms with van der Waals surface area (Å²) in [6.45, 7) is 3.75. The minimum Gasteiger partial charge on any atom is -0.465 e. The van der Waals surface area contributed by atoms with Gasteiger partial charge < -0.3 is 35.4 Å². The second-order valence-electron chi connectivity index (χ2n) is 9.66. The van der Waals surface area contributed by atoms with Crippen molar-refractivity contribution in [3.8, 4) is 0 Å². The largest absolute Gasteiger partial charge is 0.465 e. The summed E-state index contributed by atoms with van der Waals surface area (Å²) >= 11 is 6.24. The first kappa shape index (κ1) is 27.5. The molecule has 1 aromatic carbocycles. The molecular weight excluding hydrogens is 472 g/mol. The van der Waals surface area contributed by atoms with E-state index in [1.165, 1.54) is 11.9 Å². The van der Waals surface area contributed by atoms with Gasteiger partial charge in [0.1, 0.15) is 0 Å². The van der Waals surface area contributed by atoms with E-state index in [0.29, 0.717) is 30.6 Å². The van der Waals surface area contributed by atoms with Crippen LogP contribution in [0, 0.1) is 11.8 Å². The zero-order chi connectivity index (χ0) is 25.2. The molecule has 0 aromatic heterocycles. The Bertz CT molecular complexity index is 823. The van der Waals surface area contributed by atoms with Gasteiger partial charge in [0.05, 0.1) is 12.7 Å². The van der Waals surface area contributed by atoms with Crippen LogP contribution in [0.5, 0.6) is 0 Å². The van der Waals surface area contributed by atoms with E-state index in [2.05, 4.69) is 5.32 Å². The van der Waals surface area contributed by atoms with Crippen molar-refractivity contribution in [3.63, 3.8) is 0 Å². The quantitative estimate of drug-likeness (QED) is 0.443. The number of ether oxygens (including phenoxy) is 2. The summed E-state index contributed by atoms with van der Waals surface area (Å²) in [7, 11) is 1.51. The van der Waals surface area contributed by atoms with Crippen LogP contribution in [0.25, 0.3) is 0 Å². The average molecular weight is 511 g/mol. The molecule has 2 aliphatic rings. The van der Waals surface area contributed by atoms with Gasteiger partial charge in [-0.25, -0.2) is 9.59 Å². The molecular formula is C25H39ClN4O5. The highest BCUT2D eigenvalue weighted by Crippen LogP contribution is 2.34. The zero-order valence-electron chi connectivity index (χ0n) is 20.5. The van der Waals surface area contributed by atoms with Crippen molar-refractivity contribution in [3.05, 3.63) is 34.9 Å². The number of benzene rings is 1. The van der Waals surface area contributed by atoms with Crippen LogP contribution in [0.2, 0.25) is 5.02 Å². The van der Waals surface area contributed by atoms with E-state index in [-0.39, 0.29) is 37.2 Å². The van der Waals surface area contributed by atoms with Gasteiger partial charge in [0.2, 0.25) is 0 Å². The third kappa shape index (κ3) is 8.83. The smallest absolute Gasteiger partial charge is 0.407 e. The molecule has 35 heavy (non-hydrogen) atoms. The number of piperidine rings is 1. The predicted molar refractivity (Wildman–Crippen MR) is 135 cm³/mol. The van der Waals surface area contributed by atoms with E-state index in [1.54, 1.807) is 0 Å². The molecule has 3 amide bonds. The fourth-order valence-corrected chi connectivity index (χ4v) is 5.08. The van der Waals surface area contributed by atoms with Crippen molar-refractivity contribution in [2.45, 2.75) is 44.2 Å². The summed E-state index contributed by atoms with van der Waals surface area (Å²) in [6.07, 6.45) is 3.51. The van der Waals surface area contributed by atoms with Gasteiger partial charge in [-0.1, -0.05) is 23.7 Å². The van der Waals surface area contributed by atoms with Crippen molar-refractivity contribution >= 4 is 23.7 Å². The standard InChI is InChI=1S/C25H39ClN4O5/c1-29(25(32)33)10-12-35-23(19-6-2-8-21(26)14-19)20-7-3-9-30(16-20)24(31)28-15-22(27)13-18-5-4-11-34-17-18/h2,6,8,14,18,20,22-23H,3-5,7,9-13,15-17,27H2,1H3,(H,28,31)(H,32,33)/t18-,20-,22+,23+/m1/s1. The van der Waals surface area contributed by atoms with E-state index < -0.39 is 6.09 Å². The summed E-state index contributed by atoms with van der Waals surface area (Å²) in [5.41, 5.74) is 7.21. The number of carboxylic acid groups (broad SMARTS) is 1. The topological polar surface area (TPSA) is 117 Å². The molecule has 2 fully saturated rings. The lowest BCUT2D eigenvalue weighted by atomic mass is 9.88. The predicted octanol–water partition coefficient (Wildman–Crippen LogP) is 3.57. The Morgan fingerprint density at radius 2 is 2.20 bits per heavy atom. The van der Waals surface area contributed by atoms with Gasteiger partial charge in [-0.3, -0.25) is 0 Å². The first-order valence-corrected chi connectivity index (χ1v) is 12.9. The van der Waals surface area contributed by atoms with Crippen molar-refractivity contribution in [1.82, 2.24) is 15.1 Å². The van der Waals surface area contributed by atoms with E-state index in [4.69, 9.17) is 31.9 Å². The normalized spacial score (nSPS) is 22.3. The van der Waals surface area contributed by atoms with Crippen LogP contribution in [0.15, 0.2) is 24.3 Å². The van der Waals surface area contributed by atoms with Gasteiger partial charge in [-0.05, 0) is 55.7 Å². The van der Waals surface area contributed by atoms with Crippen molar-refractivity contribution in [2.24, 2.45) is 17.6 Å². The lowest BCUT2D eigenvalue weighted by Gasteiger charge is -2.37. The van der Waals surface area contributed by atoms with Crippen molar-refractivity contribution in [1.29, 1.82) is 0 Å². The average Bonchev–Trinajstić information content (AvgIpc) is 2.85. The van der Waals surface area contributed by atoms with Crippen LogP contribution < -0.4 is 11.1 Å². The number of hydrogen-bond donors (Lipinski definition) is 3. The molecule has 4 N–H and O–H groups in total. The second kappa shape index (κ2) is 13.9. The number of amides is 3. The molecule has 0 radical (unpaired) electrons. The molecule has 3 rings (SSSR count). The van der Waals surface area contributed by atoms with Crippen LogP contribution in [-0.2, 0) is 9.47 Å². The Morgan fingerprint density at radius 1 is 1.37 bits per heavy atom. The highest BCUT2D eigenvalue weighted by molar-refractivity contribution is 6.30. The van der Waals surface area contributed by atoms with Gasteiger partial charge in [0, 0.05) is 63.4 Å². The van der Waals surface area contributed by atoms with Crippen LogP contribution >= 0.6 is 11.6 Å². The lowest BCUT2D eigenvalue weighted by molar-refractivity contribution is -0.0154. The van der Waals surface area contributed by atoms with E-state index in [9.17, 15) is 9.59 Å². The fourth-order valence-electron chi connectivity index (χ4n) is 4.88. The maximum atomic E-state index is 12.9. The number of rotatable bonds is 10. The fraction of sp³-hybridized carbons (Fsp3) is 0.680. The maximum Gasteiger partial charge on any atom is 0.407 e. The number of carbonyl (C=O) groups excluding carboxylic acids is 1. The Balaban J connectivity index is 1.56. The number of nitrogens with zero attached hydrogens (tertiary/aromatic N) is 2. The Hall–Kier alpha value is -2.07. The molecule has 0 aliphatic carbocycles. The summed E-state index contributed by atoms with van der Waals surface area (Å²) in [4.78, 5) is 27.1. The van der Waals surface area contributed by atoms with Crippen molar-refractivity contribution < 1.29 is 24.2 Å². The monoisotopic (exact) mass is 510 g/mol. The molecule has 9 nitrogen and oxygen atoms in total. The third-order valence-corrected chi connectivity index (χ3v) is 7.04. The number of halogens is 1. The van der Waals surface area contributed by atoms with Gasteiger partial charge in [0.15, 0.2) is 0 Å². The Morgan fingerprint density at radius 3 is 2.91 bits per heavy atom. The number of urea groups is 1. The van der Waals surface area contributed by atoms with Crippen LogP contribution in [-0.4, -0.2) is 86.1 Å². The first-order valence-electron chi connectivity index (χ1n) is 12.5. The summed E-state index contributed by atoms with van der Waals surface area (Å²) in [5.74, 6) is 0.530. The van der Waals surface area contributed by atoms with Crippen molar-refractivity contribution in [2.75, 3.05) is 53.0 Å². The highest BCUT2D eigenvalue weighted by Gasteiger charge is 2.31. The minimum atomic E-state index is -0.998. The number of likely N-dealkylation sites (tertiary alicyclic amines) is 1. The zero-order valence-corrected chi connectivity index (χ0v) is 21.3. The van der Waals surface area contributed by atoms with Gasteiger partial charge in [-0.2, -0.15) is 0 Å². The molecule has 0 bridgehead atoms. The van der Waals surface area contributed by atoms with Crippen LogP contribution in [0.1, 0.15) is 43.8 Å². The molecule has 10 heteroatoms. The summed E-state index contributed by atoms with van der Waals surface area (Å²) in [5, 5.41) is 12.7. The Labute approximate surface area is 212 Å². The number of hydrogen-bond acceptors (Lipinski definition) is 5. The number of nitrogens with one attached hydrogen (secondary N) is 1. The van der Waals surface area contributed by atoms with E-state index >= 15 is 0 Å². The molecule has 0 spiro atoms. The number of nitrogens with two attached hydrogens (primary N) is 1. The van der Waals surface area contributed by atoms with Crippen LogP contribution in [0.4, 0.5) is 9.59 Å². The van der Waals surface area contributed by atoms with Crippen LogP contribution in [0.3, 0.4) is 0 Å². The minimum absolute atomic E-state index is 0.0659. The molecule has 2 saturated heterocycles. The lowest BCUT2D eigenvalue weighted by Crippen LogP contribution is -2.49. The van der Waals surface area contributed by atoms with Gasteiger partial charge >= 0.3 is 12.1 Å². The number of carbonyl (C=O) groups is 2. The van der Waals surface area contributed by atoms with E-state index in [1.807, 2.05) is 29.2 Å². The molecule has 196 valence electrons. The first-order chi connectivity index (χ1) is 16.8. The van der Waals surface area contributed by atoms with E-state index in [0.717, 1.165) is 50.9 Å². The summed E-state index contributed by atoms with van der Waals surface area (Å²) in [6, 6.07) is 7.32. The molecule has 2 aliphatic heterocycles. The van der Waals surface area contributed by atoms with Gasteiger partial charge in [0.25, 0.3) is 0 Å². The molecule has 1 aromatic rings. The molecule has 2 heterocycles. The Kier molecular flexibility index (Phi) is 10.9. The highest BCUT2D eigenvalue weighted by atomic mass is 35.5. The SMILES string of the molecule is CN(CCO[C@@H](c1cccc(Cl)c1)[C@@H]1CCCN(C(=O)NC[C@@H](N)C[C@H]2CCCOC2)C1)C(=O)O. The molecule has 4 atom stereocenters. The maximum absolute atomic E-state index is 12.9. The molecule has 0 saturated carbocycles. The number of likely N-dealkylation sites (N-methyl/N-ethyl adjacent to an activating group) is 1.